The molecule has 4 rings (SSSR count). The average Bonchev–Trinajstić information content (AvgIpc) is 3.11. The first-order valence-corrected chi connectivity index (χ1v) is 11.2. The second-order valence-corrected chi connectivity index (χ2v) is 8.88. The molecule has 2 aliphatic heterocycles. The van der Waals surface area contributed by atoms with E-state index in [4.69, 9.17) is 0 Å². The summed E-state index contributed by atoms with van der Waals surface area (Å²) < 4.78 is 0. The fourth-order valence-corrected chi connectivity index (χ4v) is 5.35. The van der Waals surface area contributed by atoms with Crippen molar-refractivity contribution in [2.24, 2.45) is 5.92 Å². The lowest BCUT2D eigenvalue weighted by Crippen LogP contribution is -2.40. The highest BCUT2D eigenvalue weighted by atomic mass is 16.2. The Balaban J connectivity index is 1.34. The molecule has 1 atom stereocenters. The Kier molecular flexibility index (Phi) is 6.11. The van der Waals surface area contributed by atoms with Gasteiger partial charge < -0.3 is 4.90 Å². The molecule has 4 nitrogen and oxygen atoms in total. The minimum atomic E-state index is -0.407. The van der Waals surface area contributed by atoms with E-state index in [2.05, 4.69) is 11.0 Å². The van der Waals surface area contributed by atoms with Gasteiger partial charge in [0.05, 0.1) is 0 Å². The highest BCUT2D eigenvalue weighted by molar-refractivity contribution is 6.10. The number of likely N-dealkylation sites (tertiary alicyclic amines) is 2. The second-order valence-electron chi connectivity index (χ2n) is 8.88. The Morgan fingerprint density at radius 2 is 1.63 bits per heavy atom. The number of carbonyl (C=O) groups excluding carboxylic acids is 2. The van der Waals surface area contributed by atoms with Crippen LogP contribution in [0.1, 0.15) is 70.6 Å². The van der Waals surface area contributed by atoms with E-state index in [-0.39, 0.29) is 11.7 Å². The molecule has 0 aromatic heterocycles. The fourth-order valence-electron chi connectivity index (χ4n) is 5.35. The summed E-state index contributed by atoms with van der Waals surface area (Å²) in [5.41, 5.74) is 2.32. The Labute approximate surface area is 163 Å². The molecule has 1 unspecified atom stereocenters. The third-order valence-corrected chi connectivity index (χ3v) is 7.00. The molecule has 2 heterocycles. The zero-order valence-electron chi connectivity index (χ0n) is 16.6. The van der Waals surface area contributed by atoms with Crippen LogP contribution < -0.4 is 0 Å². The van der Waals surface area contributed by atoms with Gasteiger partial charge in [0.15, 0.2) is 5.78 Å². The Morgan fingerprint density at radius 3 is 2.33 bits per heavy atom. The first-order chi connectivity index (χ1) is 13.2. The number of piperidine rings is 1. The molecular weight excluding hydrogens is 336 g/mol. The molecule has 4 heteroatoms. The molecule has 0 N–H and O–H groups in total. The lowest BCUT2D eigenvalue weighted by molar-refractivity contribution is -0.137. The fraction of sp³-hybridized carbons (Fsp3) is 0.739. The molecule has 4 aliphatic rings. The van der Waals surface area contributed by atoms with E-state index >= 15 is 0 Å². The van der Waals surface area contributed by atoms with E-state index in [1.165, 1.54) is 57.2 Å². The van der Waals surface area contributed by atoms with Gasteiger partial charge in [-0.1, -0.05) is 43.4 Å². The van der Waals surface area contributed by atoms with Crippen LogP contribution in [0.5, 0.6) is 0 Å². The van der Waals surface area contributed by atoms with E-state index in [1.807, 2.05) is 11.0 Å². The quantitative estimate of drug-likeness (QED) is 0.690. The van der Waals surface area contributed by atoms with Crippen molar-refractivity contribution in [3.8, 4) is 0 Å². The topological polar surface area (TPSA) is 40.6 Å². The molecule has 2 aliphatic carbocycles. The molecule has 1 saturated carbocycles. The number of amides is 1. The molecule has 0 aromatic carbocycles. The van der Waals surface area contributed by atoms with Crippen molar-refractivity contribution in [1.82, 2.24) is 9.80 Å². The van der Waals surface area contributed by atoms with Gasteiger partial charge in [0.1, 0.15) is 5.92 Å². The first kappa shape index (κ1) is 18.9. The lowest BCUT2D eigenvalue weighted by atomic mass is 9.88. The second kappa shape index (κ2) is 8.72. The third kappa shape index (κ3) is 4.37. The Morgan fingerprint density at radius 1 is 0.889 bits per heavy atom. The van der Waals surface area contributed by atoms with Crippen LogP contribution in [-0.2, 0) is 9.59 Å². The monoisotopic (exact) mass is 370 g/mol. The molecular formula is C23H34N2O2. The van der Waals surface area contributed by atoms with E-state index in [9.17, 15) is 9.59 Å². The van der Waals surface area contributed by atoms with Gasteiger partial charge in [-0.15, -0.1) is 0 Å². The van der Waals surface area contributed by atoms with Gasteiger partial charge in [0.2, 0.25) is 5.91 Å². The highest BCUT2D eigenvalue weighted by Crippen LogP contribution is 2.32. The smallest absolute Gasteiger partial charge is 0.233 e. The number of rotatable bonds is 5. The molecule has 148 valence electrons. The summed E-state index contributed by atoms with van der Waals surface area (Å²) in [5, 5.41) is 0. The van der Waals surface area contributed by atoms with Crippen molar-refractivity contribution >= 4 is 11.7 Å². The Hall–Kier alpha value is -1.42. The Bertz CT molecular complexity index is 624. The van der Waals surface area contributed by atoms with E-state index in [1.54, 1.807) is 0 Å². The van der Waals surface area contributed by atoms with Gasteiger partial charge >= 0.3 is 0 Å². The maximum absolute atomic E-state index is 13.0. The van der Waals surface area contributed by atoms with Crippen molar-refractivity contribution in [3.05, 3.63) is 23.3 Å². The van der Waals surface area contributed by atoms with Crippen molar-refractivity contribution in [3.63, 3.8) is 0 Å². The predicted molar refractivity (Wildman–Crippen MR) is 107 cm³/mol. The average molecular weight is 371 g/mol. The van der Waals surface area contributed by atoms with Crippen LogP contribution in [0.3, 0.4) is 0 Å². The van der Waals surface area contributed by atoms with Crippen LogP contribution in [0.4, 0.5) is 0 Å². The summed E-state index contributed by atoms with van der Waals surface area (Å²) >= 11 is 0. The molecule has 0 spiro atoms. The maximum atomic E-state index is 13.0. The number of carbonyl (C=O) groups is 2. The first-order valence-electron chi connectivity index (χ1n) is 11.2. The van der Waals surface area contributed by atoms with Crippen LogP contribution >= 0.6 is 0 Å². The van der Waals surface area contributed by atoms with Crippen LogP contribution in [0, 0.1) is 5.92 Å². The molecule has 1 amide bonds. The van der Waals surface area contributed by atoms with E-state index in [0.29, 0.717) is 6.04 Å². The number of hydrogen-bond donors (Lipinski definition) is 0. The largest absolute Gasteiger partial charge is 0.339 e. The number of Topliss-reactive ketones (excluding diaryl/α,β-unsaturated/α-hetero) is 1. The molecule has 0 aromatic rings. The van der Waals surface area contributed by atoms with Crippen LogP contribution in [0.15, 0.2) is 23.3 Å². The van der Waals surface area contributed by atoms with Gasteiger partial charge in [-0.05, 0) is 63.6 Å². The van der Waals surface area contributed by atoms with Crippen molar-refractivity contribution < 1.29 is 9.59 Å². The molecule has 3 fully saturated rings. The third-order valence-electron chi connectivity index (χ3n) is 7.00. The van der Waals surface area contributed by atoms with Crippen molar-refractivity contribution in [2.75, 3.05) is 26.2 Å². The summed E-state index contributed by atoms with van der Waals surface area (Å²) in [4.78, 5) is 30.4. The summed E-state index contributed by atoms with van der Waals surface area (Å²) in [6.07, 6.45) is 16.7. The summed E-state index contributed by atoms with van der Waals surface area (Å²) in [6, 6.07) is 0.389. The SMILES string of the molecule is O=C(C1=CC=C(CN2CCCCC2)CC1)C1CCN(C2CCCCC2)C1=O. The molecule has 2 saturated heterocycles. The summed E-state index contributed by atoms with van der Waals surface area (Å²) in [6.45, 7) is 4.25. The minimum absolute atomic E-state index is 0.103. The zero-order chi connectivity index (χ0) is 18.6. The highest BCUT2D eigenvalue weighted by Gasteiger charge is 2.40. The van der Waals surface area contributed by atoms with Crippen LogP contribution in [0.2, 0.25) is 0 Å². The maximum Gasteiger partial charge on any atom is 0.233 e. The normalized spacial score (nSPS) is 28.2. The standard InChI is InChI=1S/C23H34N2O2/c26-22(21-13-16-25(23(21)27)20-7-3-1-4-8-20)19-11-9-18(10-12-19)17-24-14-5-2-6-15-24/h9,11,20-21H,1-8,10,12-17H2. The number of ketones is 1. The number of hydrogen-bond acceptors (Lipinski definition) is 3. The van der Waals surface area contributed by atoms with Crippen molar-refractivity contribution in [1.29, 1.82) is 0 Å². The van der Waals surface area contributed by atoms with Gasteiger partial charge in [-0.2, -0.15) is 0 Å². The summed E-state index contributed by atoms with van der Waals surface area (Å²) in [7, 11) is 0. The predicted octanol–water partition coefficient (Wildman–Crippen LogP) is 3.87. The van der Waals surface area contributed by atoms with Gasteiger partial charge in [-0.25, -0.2) is 0 Å². The lowest BCUT2D eigenvalue weighted by Gasteiger charge is -2.31. The zero-order valence-corrected chi connectivity index (χ0v) is 16.6. The minimum Gasteiger partial charge on any atom is -0.339 e. The van der Waals surface area contributed by atoms with Crippen LogP contribution in [-0.4, -0.2) is 53.7 Å². The van der Waals surface area contributed by atoms with E-state index < -0.39 is 5.92 Å². The summed E-state index contributed by atoms with van der Waals surface area (Å²) in [5.74, 6) is -0.197. The van der Waals surface area contributed by atoms with Gasteiger partial charge in [0.25, 0.3) is 0 Å². The molecule has 0 radical (unpaired) electrons. The van der Waals surface area contributed by atoms with E-state index in [0.717, 1.165) is 50.8 Å². The van der Waals surface area contributed by atoms with Crippen molar-refractivity contribution in [2.45, 2.75) is 76.7 Å². The molecule has 0 bridgehead atoms. The van der Waals surface area contributed by atoms with Gasteiger partial charge in [-0.3, -0.25) is 14.5 Å². The number of nitrogens with zero attached hydrogens (tertiary/aromatic N) is 2. The van der Waals surface area contributed by atoms with Crippen LogP contribution in [0.25, 0.3) is 0 Å². The number of allylic oxidation sites excluding steroid dienone is 3. The van der Waals surface area contributed by atoms with Gasteiger partial charge in [0, 0.05) is 19.1 Å². The molecule has 27 heavy (non-hydrogen) atoms.